The highest BCUT2D eigenvalue weighted by Gasteiger charge is 2.13. The second-order valence-electron chi connectivity index (χ2n) is 4.48. The molecule has 1 N–H and O–H groups in total. The third kappa shape index (κ3) is 4.50. The average molecular weight is 225 g/mol. The van der Waals surface area contributed by atoms with Gasteiger partial charge < -0.3 is 5.11 Å². The second kappa shape index (κ2) is 5.34. The Kier molecular flexibility index (Phi) is 4.37. The van der Waals surface area contributed by atoms with Crippen molar-refractivity contribution >= 4 is 17.7 Å². The number of rotatable bonds is 4. The van der Waals surface area contributed by atoms with E-state index in [9.17, 15) is 0 Å². The van der Waals surface area contributed by atoms with Crippen LogP contribution < -0.4 is 0 Å². The molecule has 0 heterocycles. The van der Waals surface area contributed by atoms with E-state index in [1.165, 1.54) is 0 Å². The lowest BCUT2D eigenvalue weighted by atomic mass is 9.90. The summed E-state index contributed by atoms with van der Waals surface area (Å²) >= 11 is 5.78. The number of aliphatic hydroxyl groups is 1. The van der Waals surface area contributed by atoms with Crippen LogP contribution in [-0.2, 0) is 0 Å². The van der Waals surface area contributed by atoms with Crippen LogP contribution in [0.3, 0.4) is 0 Å². The number of hydrogen-bond acceptors (Lipinski definition) is 1. The zero-order valence-corrected chi connectivity index (χ0v) is 9.96. The highest BCUT2D eigenvalue weighted by atomic mass is 35.5. The van der Waals surface area contributed by atoms with Crippen LogP contribution in [0, 0.1) is 5.41 Å². The summed E-state index contributed by atoms with van der Waals surface area (Å²) in [7, 11) is 0. The van der Waals surface area contributed by atoms with E-state index in [1.54, 1.807) is 0 Å². The van der Waals surface area contributed by atoms with Gasteiger partial charge in [0.2, 0.25) is 0 Å². The molecule has 0 aromatic heterocycles. The van der Waals surface area contributed by atoms with E-state index in [1.807, 2.05) is 44.2 Å². The SMILES string of the molecule is CC(C)(CO)C/C=C/c1ccc(Cl)cc1. The van der Waals surface area contributed by atoms with Gasteiger partial charge in [-0.2, -0.15) is 0 Å². The molecule has 15 heavy (non-hydrogen) atoms. The van der Waals surface area contributed by atoms with Gasteiger partial charge in [0.25, 0.3) is 0 Å². The van der Waals surface area contributed by atoms with Gasteiger partial charge in [0.05, 0.1) is 0 Å². The van der Waals surface area contributed by atoms with Gasteiger partial charge in [0.1, 0.15) is 0 Å². The molecule has 0 unspecified atom stereocenters. The summed E-state index contributed by atoms with van der Waals surface area (Å²) in [5, 5.41) is 9.83. The third-order valence-electron chi connectivity index (χ3n) is 2.28. The lowest BCUT2D eigenvalue weighted by Crippen LogP contribution is -2.14. The van der Waals surface area contributed by atoms with E-state index in [0.717, 1.165) is 17.0 Å². The van der Waals surface area contributed by atoms with Crippen LogP contribution in [0.4, 0.5) is 0 Å². The highest BCUT2D eigenvalue weighted by Crippen LogP contribution is 2.20. The minimum atomic E-state index is -0.0388. The molecule has 0 atom stereocenters. The molecular weight excluding hydrogens is 208 g/mol. The first kappa shape index (κ1) is 12.3. The third-order valence-corrected chi connectivity index (χ3v) is 2.53. The summed E-state index contributed by atoms with van der Waals surface area (Å²) in [5.74, 6) is 0. The van der Waals surface area contributed by atoms with Gasteiger partial charge in [0.15, 0.2) is 0 Å². The van der Waals surface area contributed by atoms with Gasteiger partial charge in [0, 0.05) is 11.6 Å². The van der Waals surface area contributed by atoms with E-state index in [0.29, 0.717) is 0 Å². The molecule has 0 aliphatic rings. The lowest BCUT2D eigenvalue weighted by molar-refractivity contribution is 0.162. The van der Waals surface area contributed by atoms with Crippen LogP contribution in [0.15, 0.2) is 30.3 Å². The summed E-state index contributed by atoms with van der Waals surface area (Å²) in [5.41, 5.74) is 1.09. The maximum Gasteiger partial charge on any atom is 0.0485 e. The summed E-state index contributed by atoms with van der Waals surface area (Å²) < 4.78 is 0. The normalized spacial score (nSPS) is 12.3. The summed E-state index contributed by atoms with van der Waals surface area (Å²) in [6.07, 6.45) is 5.00. The highest BCUT2D eigenvalue weighted by molar-refractivity contribution is 6.30. The Morgan fingerprint density at radius 3 is 2.40 bits per heavy atom. The van der Waals surface area contributed by atoms with Crippen molar-refractivity contribution in [3.8, 4) is 0 Å². The number of hydrogen-bond donors (Lipinski definition) is 1. The molecule has 1 aromatic rings. The van der Waals surface area contributed by atoms with Gasteiger partial charge in [-0.1, -0.05) is 49.7 Å². The number of benzene rings is 1. The summed E-state index contributed by atoms with van der Waals surface area (Å²) in [6, 6.07) is 7.70. The Balaban J connectivity index is 2.55. The van der Waals surface area contributed by atoms with Crippen LogP contribution in [-0.4, -0.2) is 11.7 Å². The Morgan fingerprint density at radius 2 is 1.87 bits per heavy atom. The van der Waals surface area contributed by atoms with Crippen LogP contribution in [0.25, 0.3) is 6.08 Å². The van der Waals surface area contributed by atoms with E-state index in [-0.39, 0.29) is 12.0 Å². The van der Waals surface area contributed by atoms with E-state index in [4.69, 9.17) is 16.7 Å². The predicted molar refractivity (Wildman–Crippen MR) is 66.0 cm³/mol. The zero-order valence-electron chi connectivity index (χ0n) is 9.20. The van der Waals surface area contributed by atoms with Crippen LogP contribution in [0.2, 0.25) is 5.02 Å². The Morgan fingerprint density at radius 1 is 1.27 bits per heavy atom. The minimum absolute atomic E-state index is 0.0388. The molecule has 0 spiro atoms. The summed E-state index contributed by atoms with van der Waals surface area (Å²) in [6.45, 7) is 4.29. The standard InChI is InChI=1S/C13H17ClO/c1-13(2,10-15)9-3-4-11-5-7-12(14)8-6-11/h3-8,15H,9-10H2,1-2H3/b4-3+. The molecule has 82 valence electrons. The monoisotopic (exact) mass is 224 g/mol. The topological polar surface area (TPSA) is 20.2 Å². The van der Waals surface area contributed by atoms with Gasteiger partial charge in [-0.25, -0.2) is 0 Å². The molecule has 1 rings (SSSR count). The van der Waals surface area contributed by atoms with Crippen LogP contribution in [0.5, 0.6) is 0 Å². The first-order chi connectivity index (χ1) is 7.03. The van der Waals surface area contributed by atoms with Crippen molar-refractivity contribution < 1.29 is 5.11 Å². The molecule has 0 bridgehead atoms. The molecule has 0 radical (unpaired) electrons. The zero-order chi connectivity index (χ0) is 11.3. The molecular formula is C13H17ClO. The fourth-order valence-electron chi connectivity index (χ4n) is 1.15. The number of allylic oxidation sites excluding steroid dienone is 1. The molecule has 0 aliphatic carbocycles. The Hall–Kier alpha value is -0.790. The number of aliphatic hydroxyl groups excluding tert-OH is 1. The maximum atomic E-state index is 9.08. The van der Waals surface area contributed by atoms with Crippen molar-refractivity contribution in [2.24, 2.45) is 5.41 Å². The molecule has 0 aliphatic heterocycles. The molecule has 0 saturated heterocycles. The first-order valence-electron chi connectivity index (χ1n) is 5.06. The average Bonchev–Trinajstić information content (AvgIpc) is 2.21. The molecule has 0 fully saturated rings. The van der Waals surface area contributed by atoms with E-state index >= 15 is 0 Å². The quantitative estimate of drug-likeness (QED) is 0.826. The van der Waals surface area contributed by atoms with Gasteiger partial charge in [-0.15, -0.1) is 0 Å². The van der Waals surface area contributed by atoms with Crippen molar-refractivity contribution in [2.75, 3.05) is 6.61 Å². The first-order valence-corrected chi connectivity index (χ1v) is 5.44. The predicted octanol–water partition coefficient (Wildman–Crippen LogP) is 3.76. The molecule has 1 aromatic carbocycles. The van der Waals surface area contributed by atoms with Crippen molar-refractivity contribution in [2.45, 2.75) is 20.3 Å². The van der Waals surface area contributed by atoms with Crippen molar-refractivity contribution in [1.82, 2.24) is 0 Å². The lowest BCUT2D eigenvalue weighted by Gasteiger charge is -2.18. The second-order valence-corrected chi connectivity index (χ2v) is 4.92. The minimum Gasteiger partial charge on any atom is -0.396 e. The summed E-state index contributed by atoms with van der Waals surface area (Å²) in [4.78, 5) is 0. The fourth-order valence-corrected chi connectivity index (χ4v) is 1.28. The van der Waals surface area contributed by atoms with Crippen molar-refractivity contribution in [3.05, 3.63) is 40.9 Å². The molecule has 1 nitrogen and oxygen atoms in total. The van der Waals surface area contributed by atoms with Crippen molar-refractivity contribution in [3.63, 3.8) is 0 Å². The van der Waals surface area contributed by atoms with Gasteiger partial charge in [-0.05, 0) is 29.5 Å². The van der Waals surface area contributed by atoms with Gasteiger partial charge in [-0.3, -0.25) is 0 Å². The Labute approximate surface area is 96.4 Å². The number of halogens is 1. The molecule has 2 heteroatoms. The van der Waals surface area contributed by atoms with Crippen molar-refractivity contribution in [1.29, 1.82) is 0 Å². The smallest absolute Gasteiger partial charge is 0.0485 e. The van der Waals surface area contributed by atoms with Gasteiger partial charge >= 0.3 is 0 Å². The fraction of sp³-hybridized carbons (Fsp3) is 0.385. The maximum absolute atomic E-state index is 9.08. The molecule has 0 amide bonds. The van der Waals surface area contributed by atoms with Crippen LogP contribution in [0.1, 0.15) is 25.8 Å². The molecule has 0 saturated carbocycles. The van der Waals surface area contributed by atoms with E-state index < -0.39 is 0 Å². The Bertz CT molecular complexity index is 325. The largest absolute Gasteiger partial charge is 0.396 e. The van der Waals surface area contributed by atoms with E-state index in [2.05, 4.69) is 6.08 Å². The van der Waals surface area contributed by atoms with Crippen LogP contribution >= 0.6 is 11.6 Å².